The molecule has 3 heteroatoms. The molecule has 2 saturated heterocycles. The summed E-state index contributed by atoms with van der Waals surface area (Å²) in [7, 11) is 0. The zero-order valence-electron chi connectivity index (χ0n) is 5.89. The quantitative estimate of drug-likeness (QED) is 0.469. The van der Waals surface area contributed by atoms with Crippen molar-refractivity contribution in [2.45, 2.75) is 6.42 Å². The van der Waals surface area contributed by atoms with Crippen LogP contribution in [0.2, 0.25) is 0 Å². The largest absolute Gasteiger partial charge is 0.356 e. The molecule has 2 aliphatic rings. The Hall–Kier alpha value is -0.570. The second-order valence-corrected chi connectivity index (χ2v) is 3.10. The maximum absolute atomic E-state index is 11.1. The van der Waals surface area contributed by atoms with Crippen LogP contribution in [0.15, 0.2) is 0 Å². The number of hydrogen-bond donors (Lipinski definition) is 2. The lowest BCUT2D eigenvalue weighted by atomic mass is 9.89. The first-order valence-corrected chi connectivity index (χ1v) is 3.86. The van der Waals surface area contributed by atoms with Crippen LogP contribution in [0.4, 0.5) is 0 Å². The Morgan fingerprint density at radius 1 is 1.40 bits per heavy atom. The number of amides is 1. The molecule has 3 nitrogen and oxygen atoms in total. The predicted octanol–water partition coefficient (Wildman–Crippen LogP) is -0.658. The van der Waals surface area contributed by atoms with E-state index in [1.807, 2.05) is 0 Å². The summed E-state index contributed by atoms with van der Waals surface area (Å²) in [5, 5.41) is 6.11. The van der Waals surface area contributed by atoms with Crippen LogP contribution in [0.25, 0.3) is 0 Å². The van der Waals surface area contributed by atoms with Gasteiger partial charge in [-0.3, -0.25) is 4.79 Å². The van der Waals surface area contributed by atoms with Crippen molar-refractivity contribution >= 4 is 5.91 Å². The average molecular weight is 140 g/mol. The highest BCUT2D eigenvalue weighted by molar-refractivity contribution is 5.81. The molecule has 0 spiro atoms. The van der Waals surface area contributed by atoms with Crippen molar-refractivity contribution in [1.82, 2.24) is 10.6 Å². The van der Waals surface area contributed by atoms with Crippen molar-refractivity contribution in [3.05, 3.63) is 0 Å². The maximum Gasteiger partial charge on any atom is 0.224 e. The van der Waals surface area contributed by atoms with Crippen LogP contribution in [0.3, 0.4) is 0 Å². The first-order valence-electron chi connectivity index (χ1n) is 3.86. The molecular formula is C7H12N2O. The fourth-order valence-corrected chi connectivity index (χ4v) is 1.83. The Morgan fingerprint density at radius 2 is 2.30 bits per heavy atom. The summed E-state index contributed by atoms with van der Waals surface area (Å²) in [6.07, 6.45) is 1.16. The normalized spacial score (nSPS) is 39.0. The molecule has 0 aromatic rings. The third-order valence-corrected chi connectivity index (χ3v) is 2.50. The van der Waals surface area contributed by atoms with Gasteiger partial charge in [0.25, 0.3) is 0 Å². The van der Waals surface area contributed by atoms with E-state index in [1.165, 1.54) is 0 Å². The van der Waals surface area contributed by atoms with Crippen LogP contribution in [-0.4, -0.2) is 25.5 Å². The third-order valence-electron chi connectivity index (χ3n) is 2.50. The minimum Gasteiger partial charge on any atom is -0.356 e. The lowest BCUT2D eigenvalue weighted by Crippen LogP contribution is -2.37. The maximum atomic E-state index is 11.1. The Labute approximate surface area is 60.2 Å². The molecule has 10 heavy (non-hydrogen) atoms. The number of rotatable bonds is 0. The van der Waals surface area contributed by atoms with Crippen LogP contribution >= 0.6 is 0 Å². The molecule has 0 saturated carbocycles. The fourth-order valence-electron chi connectivity index (χ4n) is 1.83. The van der Waals surface area contributed by atoms with Gasteiger partial charge in [-0.2, -0.15) is 0 Å². The lowest BCUT2D eigenvalue weighted by Gasteiger charge is -2.22. The number of carbonyl (C=O) groups excluding carboxylic acids is 1. The Bertz CT molecular complexity index is 158. The van der Waals surface area contributed by atoms with Crippen molar-refractivity contribution in [3.8, 4) is 0 Å². The highest BCUT2D eigenvalue weighted by Gasteiger charge is 2.35. The molecule has 0 radical (unpaired) electrons. The molecule has 2 heterocycles. The molecule has 2 fully saturated rings. The average Bonchev–Trinajstić information content (AvgIpc) is 2.34. The summed E-state index contributed by atoms with van der Waals surface area (Å²) in [4.78, 5) is 11.1. The van der Waals surface area contributed by atoms with Gasteiger partial charge in [0.1, 0.15) is 0 Å². The van der Waals surface area contributed by atoms with Gasteiger partial charge in [0.15, 0.2) is 0 Å². The first-order chi connectivity index (χ1) is 4.88. The lowest BCUT2D eigenvalue weighted by molar-refractivity contribution is -0.123. The van der Waals surface area contributed by atoms with Gasteiger partial charge in [0.05, 0.1) is 5.92 Å². The van der Waals surface area contributed by atoms with Gasteiger partial charge in [0.2, 0.25) is 5.91 Å². The van der Waals surface area contributed by atoms with Crippen LogP contribution in [0.1, 0.15) is 6.42 Å². The van der Waals surface area contributed by atoms with Crippen LogP contribution in [0.5, 0.6) is 0 Å². The minimum atomic E-state index is 0.247. The number of piperidine rings is 1. The van der Waals surface area contributed by atoms with Crippen molar-refractivity contribution < 1.29 is 4.79 Å². The van der Waals surface area contributed by atoms with Crippen LogP contribution in [0, 0.1) is 11.8 Å². The standard InChI is InChI=1S/C7H12N2O/c10-7-6-4-8-2-1-5(6)3-9-7/h5-6,8H,1-4H2,(H,9,10)/t5-,6+/m1/s1. The highest BCUT2D eigenvalue weighted by atomic mass is 16.2. The second-order valence-electron chi connectivity index (χ2n) is 3.10. The Balaban J connectivity index is 2.08. The topological polar surface area (TPSA) is 41.1 Å². The molecule has 56 valence electrons. The zero-order valence-corrected chi connectivity index (χ0v) is 5.89. The van der Waals surface area contributed by atoms with Gasteiger partial charge < -0.3 is 10.6 Å². The molecule has 0 bridgehead atoms. The molecular weight excluding hydrogens is 128 g/mol. The number of nitrogens with one attached hydrogen (secondary N) is 2. The summed E-state index contributed by atoms with van der Waals surface area (Å²) in [5.41, 5.74) is 0. The van der Waals surface area contributed by atoms with E-state index < -0.39 is 0 Å². The summed E-state index contributed by atoms with van der Waals surface area (Å²) >= 11 is 0. The number of fused-ring (bicyclic) bond motifs is 1. The summed E-state index contributed by atoms with van der Waals surface area (Å²) in [6.45, 7) is 2.87. The van der Waals surface area contributed by atoms with E-state index in [2.05, 4.69) is 10.6 Å². The predicted molar refractivity (Wildman–Crippen MR) is 37.5 cm³/mol. The van der Waals surface area contributed by atoms with E-state index >= 15 is 0 Å². The molecule has 2 N–H and O–H groups in total. The molecule has 0 aromatic carbocycles. The molecule has 1 amide bonds. The van der Waals surface area contributed by atoms with Gasteiger partial charge in [-0.1, -0.05) is 0 Å². The van der Waals surface area contributed by atoms with E-state index in [1.54, 1.807) is 0 Å². The van der Waals surface area contributed by atoms with E-state index in [0.29, 0.717) is 5.92 Å². The van der Waals surface area contributed by atoms with Crippen molar-refractivity contribution in [1.29, 1.82) is 0 Å². The summed E-state index contributed by atoms with van der Waals surface area (Å²) < 4.78 is 0. The van der Waals surface area contributed by atoms with Gasteiger partial charge in [-0.05, 0) is 18.9 Å². The first kappa shape index (κ1) is 6.16. The Kier molecular flexibility index (Phi) is 1.38. The SMILES string of the molecule is O=C1NC[C@H]2CCNC[C@H]12. The number of hydrogen-bond acceptors (Lipinski definition) is 2. The van der Waals surface area contributed by atoms with Crippen molar-refractivity contribution in [3.63, 3.8) is 0 Å². The van der Waals surface area contributed by atoms with Gasteiger partial charge >= 0.3 is 0 Å². The van der Waals surface area contributed by atoms with E-state index in [-0.39, 0.29) is 11.8 Å². The molecule has 0 unspecified atom stereocenters. The van der Waals surface area contributed by atoms with E-state index in [0.717, 1.165) is 26.1 Å². The van der Waals surface area contributed by atoms with Crippen molar-refractivity contribution in [2.75, 3.05) is 19.6 Å². The van der Waals surface area contributed by atoms with Gasteiger partial charge in [-0.15, -0.1) is 0 Å². The van der Waals surface area contributed by atoms with Gasteiger partial charge in [-0.25, -0.2) is 0 Å². The van der Waals surface area contributed by atoms with Crippen LogP contribution in [-0.2, 0) is 4.79 Å². The molecule has 2 aliphatic heterocycles. The Morgan fingerprint density at radius 3 is 3.10 bits per heavy atom. The minimum absolute atomic E-state index is 0.247. The highest BCUT2D eigenvalue weighted by Crippen LogP contribution is 2.22. The monoisotopic (exact) mass is 140 g/mol. The van der Waals surface area contributed by atoms with Gasteiger partial charge in [0, 0.05) is 13.1 Å². The second kappa shape index (κ2) is 2.23. The van der Waals surface area contributed by atoms with E-state index in [9.17, 15) is 4.79 Å². The molecule has 2 atom stereocenters. The fraction of sp³-hybridized carbons (Fsp3) is 0.857. The van der Waals surface area contributed by atoms with E-state index in [4.69, 9.17) is 0 Å². The molecule has 2 rings (SSSR count). The molecule has 0 aliphatic carbocycles. The molecule has 0 aromatic heterocycles. The van der Waals surface area contributed by atoms with Crippen molar-refractivity contribution in [2.24, 2.45) is 11.8 Å². The number of carbonyl (C=O) groups is 1. The van der Waals surface area contributed by atoms with Crippen LogP contribution < -0.4 is 10.6 Å². The third kappa shape index (κ3) is 0.814. The summed E-state index contributed by atoms with van der Waals surface area (Å²) in [6, 6.07) is 0. The smallest absolute Gasteiger partial charge is 0.224 e. The zero-order chi connectivity index (χ0) is 6.97. The summed E-state index contributed by atoms with van der Waals surface area (Å²) in [5.74, 6) is 1.14.